The fourth-order valence-corrected chi connectivity index (χ4v) is 3.63. The Morgan fingerprint density at radius 2 is 1.58 bits per heavy atom. The topological polar surface area (TPSA) is 23.5 Å². The van der Waals surface area contributed by atoms with Gasteiger partial charge in [0.25, 0.3) is 0 Å². The van der Waals surface area contributed by atoms with E-state index in [1.54, 1.807) is 0 Å². The second kappa shape index (κ2) is 4.60. The number of benzene rings is 1. The van der Waals surface area contributed by atoms with Crippen molar-refractivity contribution in [2.45, 2.75) is 43.9 Å². The van der Waals surface area contributed by atoms with Gasteiger partial charge in [-0.15, -0.1) is 0 Å². The Morgan fingerprint density at radius 1 is 1.05 bits per heavy atom. The van der Waals surface area contributed by atoms with E-state index in [0.717, 1.165) is 0 Å². The normalized spacial score (nSPS) is 30.6. The first kappa shape index (κ1) is 13.1. The van der Waals surface area contributed by atoms with Gasteiger partial charge >= 0.3 is 0 Å². The van der Waals surface area contributed by atoms with Gasteiger partial charge in [0.2, 0.25) is 0 Å². The average Bonchev–Trinajstić information content (AvgIpc) is 2.49. The van der Waals surface area contributed by atoms with Gasteiger partial charge in [-0.1, -0.05) is 38.1 Å². The van der Waals surface area contributed by atoms with Crippen LogP contribution in [0.1, 0.15) is 44.2 Å². The Kier molecular flexibility index (Phi) is 3.18. The van der Waals surface area contributed by atoms with Crippen LogP contribution in [0.25, 0.3) is 0 Å². The van der Waals surface area contributed by atoms with Gasteiger partial charge in [-0.25, -0.2) is 0 Å². The second-order valence-electron chi connectivity index (χ2n) is 6.99. The van der Waals surface area contributed by atoms with E-state index in [-0.39, 0.29) is 12.0 Å². The molecule has 0 aliphatic carbocycles. The molecule has 2 heteroatoms. The second-order valence-corrected chi connectivity index (χ2v) is 6.99. The van der Waals surface area contributed by atoms with Gasteiger partial charge in [0.05, 0.1) is 6.61 Å². The first-order valence-corrected chi connectivity index (χ1v) is 7.50. The summed E-state index contributed by atoms with van der Waals surface area (Å²) in [6.07, 6.45) is 3.95. The third-order valence-electron chi connectivity index (χ3n) is 5.39. The van der Waals surface area contributed by atoms with Gasteiger partial charge in [0.15, 0.2) is 0 Å². The number of aliphatic hydroxyl groups is 1. The number of hydrogen-bond donors (Lipinski definition) is 1. The third kappa shape index (κ3) is 2.21. The quantitative estimate of drug-likeness (QED) is 0.902. The largest absolute Gasteiger partial charge is 0.395 e. The van der Waals surface area contributed by atoms with E-state index in [2.05, 4.69) is 43.0 Å². The monoisotopic (exact) mass is 259 g/mol. The molecule has 2 nitrogen and oxygen atoms in total. The molecule has 0 unspecified atom stereocenters. The van der Waals surface area contributed by atoms with Gasteiger partial charge < -0.3 is 10.0 Å². The highest BCUT2D eigenvalue weighted by molar-refractivity contribution is 5.34. The van der Waals surface area contributed by atoms with Crippen LogP contribution in [-0.4, -0.2) is 36.2 Å². The highest BCUT2D eigenvalue weighted by Crippen LogP contribution is 2.43. The van der Waals surface area contributed by atoms with E-state index in [1.165, 1.54) is 50.0 Å². The van der Waals surface area contributed by atoms with Crippen molar-refractivity contribution < 1.29 is 5.11 Å². The van der Waals surface area contributed by atoms with Crippen molar-refractivity contribution >= 4 is 0 Å². The van der Waals surface area contributed by atoms with Gasteiger partial charge in [-0.05, 0) is 55.4 Å². The molecule has 3 fully saturated rings. The summed E-state index contributed by atoms with van der Waals surface area (Å²) in [6, 6.07) is 9.07. The molecule has 0 saturated carbocycles. The van der Waals surface area contributed by atoms with Crippen LogP contribution in [0, 0.1) is 0 Å². The Bertz CT molecular complexity index is 427. The third-order valence-corrected chi connectivity index (χ3v) is 5.39. The van der Waals surface area contributed by atoms with Crippen LogP contribution in [0.2, 0.25) is 0 Å². The SMILES string of the molecule is CC(C)(CO)c1ccc(C23CCN(CC2)CC3)cc1. The maximum atomic E-state index is 9.46. The highest BCUT2D eigenvalue weighted by atomic mass is 16.3. The van der Waals surface area contributed by atoms with E-state index in [0.29, 0.717) is 5.41 Å². The predicted molar refractivity (Wildman–Crippen MR) is 78.5 cm³/mol. The molecule has 1 N–H and O–H groups in total. The zero-order valence-corrected chi connectivity index (χ0v) is 12.2. The molecule has 3 aliphatic rings. The smallest absolute Gasteiger partial charge is 0.0522 e. The van der Waals surface area contributed by atoms with Crippen LogP contribution >= 0.6 is 0 Å². The molecule has 19 heavy (non-hydrogen) atoms. The van der Waals surface area contributed by atoms with Gasteiger partial charge in [0.1, 0.15) is 0 Å². The number of aliphatic hydroxyl groups excluding tert-OH is 1. The van der Waals surface area contributed by atoms with Crippen LogP contribution in [0.4, 0.5) is 0 Å². The summed E-state index contributed by atoms with van der Waals surface area (Å²) in [5.74, 6) is 0. The lowest BCUT2D eigenvalue weighted by atomic mass is 9.67. The van der Waals surface area contributed by atoms with Crippen molar-refractivity contribution in [1.29, 1.82) is 0 Å². The van der Waals surface area contributed by atoms with Gasteiger partial charge in [0, 0.05) is 5.41 Å². The summed E-state index contributed by atoms with van der Waals surface area (Å²) in [6.45, 7) is 8.20. The van der Waals surface area contributed by atoms with E-state index in [1.807, 2.05) is 0 Å². The minimum atomic E-state index is -0.133. The predicted octanol–water partition coefficient (Wildman–Crippen LogP) is 2.69. The molecule has 1 aromatic carbocycles. The molecule has 3 heterocycles. The van der Waals surface area contributed by atoms with Crippen molar-refractivity contribution in [2.24, 2.45) is 0 Å². The molecular formula is C17H25NO. The van der Waals surface area contributed by atoms with Gasteiger partial charge in [-0.3, -0.25) is 0 Å². The lowest BCUT2D eigenvalue weighted by molar-refractivity contribution is 0.0817. The van der Waals surface area contributed by atoms with E-state index >= 15 is 0 Å². The van der Waals surface area contributed by atoms with Crippen molar-refractivity contribution in [3.63, 3.8) is 0 Å². The van der Waals surface area contributed by atoms with Crippen molar-refractivity contribution in [3.05, 3.63) is 35.4 Å². The number of nitrogens with zero attached hydrogens (tertiary/aromatic N) is 1. The zero-order chi connectivity index (χ0) is 13.5. The molecule has 0 atom stereocenters. The van der Waals surface area contributed by atoms with Gasteiger partial charge in [-0.2, -0.15) is 0 Å². The minimum Gasteiger partial charge on any atom is -0.395 e. The molecule has 4 rings (SSSR count). The lowest BCUT2D eigenvalue weighted by Gasteiger charge is -2.49. The molecule has 2 bridgehead atoms. The van der Waals surface area contributed by atoms with E-state index in [4.69, 9.17) is 0 Å². The molecule has 0 spiro atoms. The first-order chi connectivity index (χ1) is 9.06. The molecular weight excluding hydrogens is 234 g/mol. The molecule has 0 aromatic heterocycles. The average molecular weight is 259 g/mol. The van der Waals surface area contributed by atoms with Crippen molar-refractivity contribution in [2.75, 3.05) is 26.2 Å². The zero-order valence-electron chi connectivity index (χ0n) is 12.2. The van der Waals surface area contributed by atoms with Crippen molar-refractivity contribution in [1.82, 2.24) is 4.90 Å². The lowest BCUT2D eigenvalue weighted by Crippen LogP contribution is -2.50. The van der Waals surface area contributed by atoms with Crippen molar-refractivity contribution in [3.8, 4) is 0 Å². The molecule has 1 aromatic rings. The first-order valence-electron chi connectivity index (χ1n) is 7.50. The fourth-order valence-electron chi connectivity index (χ4n) is 3.63. The minimum absolute atomic E-state index is 0.133. The Hall–Kier alpha value is -0.860. The Morgan fingerprint density at radius 3 is 2.05 bits per heavy atom. The number of hydrogen-bond acceptors (Lipinski definition) is 2. The van der Waals surface area contributed by atoms with Crippen LogP contribution in [0.3, 0.4) is 0 Å². The summed E-state index contributed by atoms with van der Waals surface area (Å²) in [5.41, 5.74) is 3.07. The van der Waals surface area contributed by atoms with Crippen LogP contribution < -0.4 is 0 Å². The number of fused-ring (bicyclic) bond motifs is 3. The standard InChI is InChI=1S/C17H25NO/c1-16(2,13-19)14-3-5-15(6-4-14)17-7-10-18(11-8-17)12-9-17/h3-6,19H,7-13H2,1-2H3. The summed E-state index contributed by atoms with van der Waals surface area (Å²) in [4.78, 5) is 2.59. The van der Waals surface area contributed by atoms with E-state index < -0.39 is 0 Å². The van der Waals surface area contributed by atoms with Crippen LogP contribution in [0.15, 0.2) is 24.3 Å². The molecule has 0 amide bonds. The molecule has 3 aliphatic heterocycles. The molecule has 3 saturated heterocycles. The number of piperidine rings is 3. The van der Waals surface area contributed by atoms with E-state index in [9.17, 15) is 5.11 Å². The van der Waals surface area contributed by atoms with Crippen LogP contribution in [-0.2, 0) is 10.8 Å². The maximum absolute atomic E-state index is 9.46. The summed E-state index contributed by atoms with van der Waals surface area (Å²) in [7, 11) is 0. The highest BCUT2D eigenvalue weighted by Gasteiger charge is 2.40. The van der Waals surface area contributed by atoms with Crippen LogP contribution in [0.5, 0.6) is 0 Å². The summed E-state index contributed by atoms with van der Waals surface area (Å²) in [5, 5.41) is 9.46. The maximum Gasteiger partial charge on any atom is 0.0522 e. The summed E-state index contributed by atoms with van der Waals surface area (Å²) >= 11 is 0. The molecule has 104 valence electrons. The Balaban J connectivity index is 1.86. The molecule has 0 radical (unpaired) electrons. The fraction of sp³-hybridized carbons (Fsp3) is 0.647. The Labute approximate surface area is 116 Å². The number of rotatable bonds is 3. The summed E-state index contributed by atoms with van der Waals surface area (Å²) < 4.78 is 0.